The SMILES string of the molecule is CCCCN(C)C1CCCC(NC)(C(=O)O)C1. The van der Waals surface area contributed by atoms with E-state index in [0.29, 0.717) is 6.04 Å². The summed E-state index contributed by atoms with van der Waals surface area (Å²) in [5.41, 5.74) is -0.705. The molecule has 0 radical (unpaired) electrons. The maximum atomic E-state index is 11.4. The number of aliphatic carboxylic acids is 1. The number of hydrogen-bond acceptors (Lipinski definition) is 3. The summed E-state index contributed by atoms with van der Waals surface area (Å²) in [4.78, 5) is 13.7. The van der Waals surface area contributed by atoms with Crippen LogP contribution in [0.3, 0.4) is 0 Å². The number of carboxylic acids is 1. The molecular weight excluding hydrogens is 216 g/mol. The third-order valence-corrected chi connectivity index (χ3v) is 4.10. The highest BCUT2D eigenvalue weighted by Gasteiger charge is 2.42. The Morgan fingerprint density at radius 2 is 2.29 bits per heavy atom. The average Bonchev–Trinajstić information content (AvgIpc) is 2.35. The van der Waals surface area contributed by atoms with E-state index < -0.39 is 11.5 Å². The van der Waals surface area contributed by atoms with Crippen molar-refractivity contribution in [1.82, 2.24) is 10.2 Å². The lowest BCUT2D eigenvalue weighted by molar-refractivity contribution is -0.147. The largest absolute Gasteiger partial charge is 0.480 e. The van der Waals surface area contributed by atoms with Crippen LogP contribution in [-0.2, 0) is 4.79 Å². The number of nitrogens with zero attached hydrogens (tertiary/aromatic N) is 1. The van der Waals surface area contributed by atoms with Crippen molar-refractivity contribution in [3.63, 3.8) is 0 Å². The highest BCUT2D eigenvalue weighted by Crippen LogP contribution is 2.31. The summed E-state index contributed by atoms with van der Waals surface area (Å²) in [6.45, 7) is 3.25. The average molecular weight is 242 g/mol. The van der Waals surface area contributed by atoms with E-state index in [1.54, 1.807) is 7.05 Å². The predicted octanol–water partition coefficient (Wildman–Crippen LogP) is 1.70. The summed E-state index contributed by atoms with van der Waals surface area (Å²) >= 11 is 0. The molecule has 1 aliphatic carbocycles. The Labute approximate surface area is 104 Å². The van der Waals surface area contributed by atoms with E-state index in [1.807, 2.05) is 0 Å². The quantitative estimate of drug-likeness (QED) is 0.744. The highest BCUT2D eigenvalue weighted by molar-refractivity contribution is 5.79. The molecule has 0 saturated heterocycles. The summed E-state index contributed by atoms with van der Waals surface area (Å²) in [6.07, 6.45) is 5.96. The minimum absolute atomic E-state index is 0.402. The van der Waals surface area contributed by atoms with E-state index in [2.05, 4.69) is 24.2 Å². The molecule has 4 nitrogen and oxygen atoms in total. The van der Waals surface area contributed by atoms with Crippen molar-refractivity contribution in [2.75, 3.05) is 20.6 Å². The van der Waals surface area contributed by atoms with Crippen LogP contribution in [0.25, 0.3) is 0 Å². The first kappa shape index (κ1) is 14.5. The molecule has 0 aliphatic heterocycles. The van der Waals surface area contributed by atoms with E-state index >= 15 is 0 Å². The molecular formula is C13H26N2O2. The van der Waals surface area contributed by atoms with Gasteiger partial charge in [-0.25, -0.2) is 0 Å². The second-order valence-corrected chi connectivity index (χ2v) is 5.22. The van der Waals surface area contributed by atoms with Crippen molar-refractivity contribution in [2.24, 2.45) is 0 Å². The monoisotopic (exact) mass is 242 g/mol. The lowest BCUT2D eigenvalue weighted by Gasteiger charge is -2.41. The van der Waals surface area contributed by atoms with Gasteiger partial charge in [-0.1, -0.05) is 13.3 Å². The van der Waals surface area contributed by atoms with Crippen molar-refractivity contribution < 1.29 is 9.90 Å². The predicted molar refractivity (Wildman–Crippen MR) is 69.2 cm³/mol. The highest BCUT2D eigenvalue weighted by atomic mass is 16.4. The normalized spacial score (nSPS) is 29.5. The van der Waals surface area contributed by atoms with Gasteiger partial charge in [0.05, 0.1) is 0 Å². The Morgan fingerprint density at radius 1 is 1.59 bits per heavy atom. The number of carbonyl (C=O) groups is 1. The zero-order valence-electron chi connectivity index (χ0n) is 11.3. The first-order valence-electron chi connectivity index (χ1n) is 6.68. The standard InChI is InChI=1S/C13H26N2O2/c1-4-5-9-15(3)11-7-6-8-13(10-11,14-2)12(16)17/h11,14H,4-10H2,1-3H3,(H,16,17). The molecule has 2 N–H and O–H groups in total. The molecule has 4 heteroatoms. The van der Waals surface area contributed by atoms with Crippen LogP contribution in [0.15, 0.2) is 0 Å². The van der Waals surface area contributed by atoms with E-state index in [9.17, 15) is 9.90 Å². The van der Waals surface area contributed by atoms with Gasteiger partial charge in [-0.2, -0.15) is 0 Å². The van der Waals surface area contributed by atoms with Crippen LogP contribution in [0.5, 0.6) is 0 Å². The molecule has 0 heterocycles. The fourth-order valence-electron chi connectivity index (χ4n) is 2.74. The molecule has 17 heavy (non-hydrogen) atoms. The van der Waals surface area contributed by atoms with E-state index in [0.717, 1.165) is 32.2 Å². The van der Waals surface area contributed by atoms with E-state index in [4.69, 9.17) is 0 Å². The van der Waals surface area contributed by atoms with Crippen molar-refractivity contribution in [3.8, 4) is 0 Å². The van der Waals surface area contributed by atoms with Crippen molar-refractivity contribution in [2.45, 2.75) is 57.0 Å². The minimum atomic E-state index is -0.705. The van der Waals surface area contributed by atoms with Gasteiger partial charge in [0.15, 0.2) is 0 Å². The number of nitrogens with one attached hydrogen (secondary N) is 1. The Bertz CT molecular complexity index is 258. The second kappa shape index (κ2) is 6.36. The third-order valence-electron chi connectivity index (χ3n) is 4.10. The molecule has 1 fully saturated rings. The summed E-state index contributed by atoms with van der Waals surface area (Å²) in [5, 5.41) is 12.4. The minimum Gasteiger partial charge on any atom is -0.480 e. The zero-order chi connectivity index (χ0) is 12.9. The van der Waals surface area contributed by atoms with Gasteiger partial charge in [0, 0.05) is 6.04 Å². The maximum absolute atomic E-state index is 11.4. The fraction of sp³-hybridized carbons (Fsp3) is 0.923. The van der Waals surface area contributed by atoms with Crippen LogP contribution < -0.4 is 5.32 Å². The summed E-state index contributed by atoms with van der Waals surface area (Å²) in [5.74, 6) is -0.700. The maximum Gasteiger partial charge on any atom is 0.323 e. The van der Waals surface area contributed by atoms with Gasteiger partial charge in [-0.15, -0.1) is 0 Å². The van der Waals surface area contributed by atoms with Crippen LogP contribution in [0, 0.1) is 0 Å². The fourth-order valence-corrected chi connectivity index (χ4v) is 2.74. The lowest BCUT2D eigenvalue weighted by Crippen LogP contribution is -2.56. The zero-order valence-corrected chi connectivity index (χ0v) is 11.3. The van der Waals surface area contributed by atoms with Crippen LogP contribution in [0.4, 0.5) is 0 Å². The van der Waals surface area contributed by atoms with Gasteiger partial charge in [0.25, 0.3) is 0 Å². The van der Waals surface area contributed by atoms with Gasteiger partial charge in [-0.3, -0.25) is 4.79 Å². The summed E-state index contributed by atoms with van der Waals surface area (Å²) in [6, 6.07) is 0.402. The Balaban J connectivity index is 2.61. The van der Waals surface area contributed by atoms with Gasteiger partial charge >= 0.3 is 5.97 Å². The molecule has 0 spiro atoms. The Hall–Kier alpha value is -0.610. The Morgan fingerprint density at radius 3 is 2.82 bits per heavy atom. The molecule has 2 unspecified atom stereocenters. The van der Waals surface area contributed by atoms with Crippen molar-refractivity contribution in [3.05, 3.63) is 0 Å². The van der Waals surface area contributed by atoms with Crippen LogP contribution in [-0.4, -0.2) is 48.2 Å². The molecule has 1 aliphatic rings. The topological polar surface area (TPSA) is 52.6 Å². The van der Waals surface area contributed by atoms with E-state index in [1.165, 1.54) is 12.8 Å². The molecule has 0 aromatic carbocycles. The molecule has 2 atom stereocenters. The van der Waals surface area contributed by atoms with Crippen LogP contribution in [0.2, 0.25) is 0 Å². The van der Waals surface area contributed by atoms with Gasteiger partial charge in [-0.05, 0) is 52.7 Å². The van der Waals surface area contributed by atoms with Crippen LogP contribution in [0.1, 0.15) is 45.4 Å². The van der Waals surface area contributed by atoms with E-state index in [-0.39, 0.29) is 0 Å². The molecule has 100 valence electrons. The number of rotatable bonds is 6. The van der Waals surface area contributed by atoms with Gasteiger partial charge in [0.2, 0.25) is 0 Å². The first-order valence-corrected chi connectivity index (χ1v) is 6.68. The van der Waals surface area contributed by atoms with Crippen molar-refractivity contribution >= 4 is 5.97 Å². The molecule has 1 rings (SSSR count). The first-order chi connectivity index (χ1) is 8.05. The number of carboxylic acid groups (broad SMARTS) is 1. The molecule has 0 bridgehead atoms. The van der Waals surface area contributed by atoms with Gasteiger partial charge in [0.1, 0.15) is 5.54 Å². The molecule has 0 aromatic heterocycles. The number of likely N-dealkylation sites (N-methyl/N-ethyl adjacent to an activating group) is 1. The van der Waals surface area contributed by atoms with Crippen molar-refractivity contribution in [1.29, 1.82) is 0 Å². The number of hydrogen-bond donors (Lipinski definition) is 2. The lowest BCUT2D eigenvalue weighted by atomic mass is 9.78. The molecule has 0 aromatic rings. The molecule has 0 amide bonds. The second-order valence-electron chi connectivity index (χ2n) is 5.22. The van der Waals surface area contributed by atoms with Gasteiger partial charge < -0.3 is 15.3 Å². The summed E-state index contributed by atoms with van der Waals surface area (Å²) < 4.78 is 0. The third kappa shape index (κ3) is 3.42. The Kier molecular flexibility index (Phi) is 5.40. The smallest absolute Gasteiger partial charge is 0.323 e. The molecule has 1 saturated carbocycles. The van der Waals surface area contributed by atoms with Crippen LogP contribution >= 0.6 is 0 Å². The number of unbranched alkanes of at least 4 members (excludes halogenated alkanes) is 1. The summed E-state index contributed by atoms with van der Waals surface area (Å²) in [7, 11) is 3.89.